The van der Waals surface area contributed by atoms with Gasteiger partial charge in [0.05, 0.1) is 6.54 Å². The maximum absolute atomic E-state index is 11.1. The normalized spacial score (nSPS) is 24.4. The van der Waals surface area contributed by atoms with Gasteiger partial charge in [0.25, 0.3) is 0 Å². The highest BCUT2D eigenvalue weighted by Crippen LogP contribution is 2.15. The van der Waals surface area contributed by atoms with Crippen LogP contribution in [0.3, 0.4) is 0 Å². The van der Waals surface area contributed by atoms with Gasteiger partial charge in [-0.2, -0.15) is 0 Å². The molecule has 1 saturated heterocycles. The van der Waals surface area contributed by atoms with Crippen molar-refractivity contribution < 1.29 is 9.59 Å². The van der Waals surface area contributed by atoms with Crippen LogP contribution in [0.1, 0.15) is 20.3 Å². The summed E-state index contributed by atoms with van der Waals surface area (Å²) in [5.74, 6) is 0.599. The molecule has 0 radical (unpaired) electrons. The Morgan fingerprint density at radius 3 is 2.73 bits per heavy atom. The lowest BCUT2D eigenvalue weighted by Crippen LogP contribution is -2.29. The van der Waals surface area contributed by atoms with Crippen LogP contribution in [-0.2, 0) is 9.59 Å². The van der Waals surface area contributed by atoms with Crippen LogP contribution in [0, 0.1) is 5.92 Å². The van der Waals surface area contributed by atoms with Crippen LogP contribution in [0.2, 0.25) is 0 Å². The number of ketones is 1. The van der Waals surface area contributed by atoms with E-state index in [1.165, 1.54) is 6.92 Å². The Morgan fingerprint density at radius 1 is 1.73 bits per heavy atom. The van der Waals surface area contributed by atoms with Gasteiger partial charge < -0.3 is 4.90 Å². The van der Waals surface area contributed by atoms with Crippen molar-refractivity contribution in [3.05, 3.63) is 0 Å². The number of nitrogens with zero attached hydrogens (tertiary/aromatic N) is 1. The van der Waals surface area contributed by atoms with Gasteiger partial charge >= 0.3 is 0 Å². The Bertz CT molecular complexity index is 189. The summed E-state index contributed by atoms with van der Waals surface area (Å²) >= 11 is 0. The van der Waals surface area contributed by atoms with Crippen molar-refractivity contribution >= 4 is 11.7 Å². The molecule has 0 bridgehead atoms. The molecule has 1 aliphatic rings. The van der Waals surface area contributed by atoms with Crippen molar-refractivity contribution in [1.82, 2.24) is 4.90 Å². The molecule has 1 aliphatic heterocycles. The van der Waals surface area contributed by atoms with Gasteiger partial charge in [0.15, 0.2) is 0 Å². The summed E-state index contributed by atoms with van der Waals surface area (Å²) in [4.78, 5) is 23.4. The number of carbonyl (C=O) groups is 2. The summed E-state index contributed by atoms with van der Waals surface area (Å²) in [5, 5.41) is 0. The maximum Gasteiger partial charge on any atom is 0.223 e. The van der Waals surface area contributed by atoms with E-state index in [0.717, 1.165) is 6.54 Å². The first-order chi connectivity index (χ1) is 5.09. The first-order valence-electron chi connectivity index (χ1n) is 3.87. The molecule has 0 spiro atoms. The second-order valence-corrected chi connectivity index (χ2v) is 3.29. The molecule has 62 valence electrons. The van der Waals surface area contributed by atoms with Crippen molar-refractivity contribution in [3.63, 3.8) is 0 Å². The Kier molecular flexibility index (Phi) is 2.27. The molecule has 3 nitrogen and oxygen atoms in total. The molecule has 0 saturated carbocycles. The summed E-state index contributed by atoms with van der Waals surface area (Å²) in [6.45, 7) is 4.58. The standard InChI is InChI=1S/C8H13NO2/c1-6-3-8(11)9(4-6)5-7(2)10/h6H,3-5H2,1-2H3. The number of carbonyl (C=O) groups excluding carboxylic acids is 2. The van der Waals surface area contributed by atoms with E-state index in [2.05, 4.69) is 0 Å². The van der Waals surface area contributed by atoms with Crippen molar-refractivity contribution in [1.29, 1.82) is 0 Å². The zero-order valence-corrected chi connectivity index (χ0v) is 6.96. The van der Waals surface area contributed by atoms with E-state index in [0.29, 0.717) is 18.9 Å². The third-order valence-corrected chi connectivity index (χ3v) is 1.82. The van der Waals surface area contributed by atoms with Gasteiger partial charge in [-0.25, -0.2) is 0 Å². The van der Waals surface area contributed by atoms with Gasteiger partial charge in [-0.15, -0.1) is 0 Å². The lowest BCUT2D eigenvalue weighted by Gasteiger charge is -2.12. The predicted molar refractivity (Wildman–Crippen MR) is 41.0 cm³/mol. The fraction of sp³-hybridized carbons (Fsp3) is 0.750. The molecule has 0 aromatic carbocycles. The molecule has 0 aromatic heterocycles. The molecule has 1 heterocycles. The lowest BCUT2D eigenvalue weighted by atomic mass is 10.2. The van der Waals surface area contributed by atoms with Crippen LogP contribution in [0.5, 0.6) is 0 Å². The number of Topliss-reactive ketones (excluding diaryl/α,β-unsaturated/α-hetero) is 1. The molecule has 1 fully saturated rings. The third-order valence-electron chi connectivity index (χ3n) is 1.82. The molecule has 11 heavy (non-hydrogen) atoms. The van der Waals surface area contributed by atoms with Crippen molar-refractivity contribution in [3.8, 4) is 0 Å². The fourth-order valence-electron chi connectivity index (χ4n) is 1.39. The van der Waals surface area contributed by atoms with Crippen LogP contribution in [0.15, 0.2) is 0 Å². The van der Waals surface area contributed by atoms with Crippen LogP contribution in [0.25, 0.3) is 0 Å². The topological polar surface area (TPSA) is 37.4 Å². The summed E-state index contributed by atoms with van der Waals surface area (Å²) in [6, 6.07) is 0. The minimum Gasteiger partial charge on any atom is -0.335 e. The smallest absolute Gasteiger partial charge is 0.223 e. The SMILES string of the molecule is CC(=O)CN1CC(C)CC1=O. The molecule has 1 amide bonds. The summed E-state index contributed by atoms with van der Waals surface area (Å²) in [7, 11) is 0. The monoisotopic (exact) mass is 155 g/mol. The van der Waals surface area contributed by atoms with E-state index in [1.54, 1.807) is 4.90 Å². The van der Waals surface area contributed by atoms with Crippen molar-refractivity contribution in [2.45, 2.75) is 20.3 Å². The van der Waals surface area contributed by atoms with Gasteiger partial charge in [-0.1, -0.05) is 6.92 Å². The summed E-state index contributed by atoms with van der Waals surface area (Å²) < 4.78 is 0. The van der Waals surface area contributed by atoms with E-state index < -0.39 is 0 Å². The molecular formula is C8H13NO2. The first-order valence-corrected chi connectivity index (χ1v) is 3.87. The number of amides is 1. The molecule has 1 atom stereocenters. The first kappa shape index (κ1) is 8.24. The Morgan fingerprint density at radius 2 is 2.36 bits per heavy atom. The van der Waals surface area contributed by atoms with Crippen LogP contribution in [-0.4, -0.2) is 29.7 Å². The minimum absolute atomic E-state index is 0.0625. The highest BCUT2D eigenvalue weighted by atomic mass is 16.2. The highest BCUT2D eigenvalue weighted by molar-refractivity contribution is 5.85. The fourth-order valence-corrected chi connectivity index (χ4v) is 1.39. The van der Waals surface area contributed by atoms with Gasteiger partial charge in [-0.3, -0.25) is 9.59 Å². The number of likely N-dealkylation sites (tertiary alicyclic amines) is 1. The van der Waals surface area contributed by atoms with Crippen LogP contribution in [0.4, 0.5) is 0 Å². The molecule has 1 rings (SSSR count). The second kappa shape index (κ2) is 3.03. The molecular weight excluding hydrogens is 142 g/mol. The molecule has 0 aliphatic carbocycles. The molecule has 0 aromatic rings. The number of rotatable bonds is 2. The van der Waals surface area contributed by atoms with E-state index in [-0.39, 0.29) is 11.7 Å². The summed E-state index contributed by atoms with van der Waals surface area (Å²) in [6.07, 6.45) is 0.604. The lowest BCUT2D eigenvalue weighted by molar-refractivity contribution is -0.131. The molecule has 0 N–H and O–H groups in total. The van der Waals surface area contributed by atoms with Gasteiger partial charge in [0.1, 0.15) is 5.78 Å². The second-order valence-electron chi connectivity index (χ2n) is 3.29. The zero-order valence-electron chi connectivity index (χ0n) is 6.96. The average molecular weight is 155 g/mol. The third kappa shape index (κ3) is 2.03. The largest absolute Gasteiger partial charge is 0.335 e. The van der Waals surface area contributed by atoms with Gasteiger partial charge in [0.2, 0.25) is 5.91 Å². The van der Waals surface area contributed by atoms with E-state index in [9.17, 15) is 9.59 Å². The zero-order chi connectivity index (χ0) is 8.43. The number of hydrogen-bond donors (Lipinski definition) is 0. The Balaban J connectivity index is 2.47. The van der Waals surface area contributed by atoms with Crippen LogP contribution >= 0.6 is 0 Å². The quantitative estimate of drug-likeness (QED) is 0.580. The average Bonchev–Trinajstić information content (AvgIpc) is 2.09. The predicted octanol–water partition coefficient (Wildman–Crippen LogP) is 0.444. The van der Waals surface area contributed by atoms with E-state index in [1.807, 2.05) is 6.92 Å². The maximum atomic E-state index is 11.1. The molecule has 3 heteroatoms. The molecule has 1 unspecified atom stereocenters. The van der Waals surface area contributed by atoms with Crippen molar-refractivity contribution in [2.75, 3.05) is 13.1 Å². The Hall–Kier alpha value is -0.860. The highest BCUT2D eigenvalue weighted by Gasteiger charge is 2.26. The van der Waals surface area contributed by atoms with Crippen molar-refractivity contribution in [2.24, 2.45) is 5.92 Å². The van der Waals surface area contributed by atoms with Gasteiger partial charge in [0, 0.05) is 13.0 Å². The number of hydrogen-bond acceptors (Lipinski definition) is 2. The van der Waals surface area contributed by atoms with E-state index in [4.69, 9.17) is 0 Å². The van der Waals surface area contributed by atoms with Crippen LogP contribution < -0.4 is 0 Å². The van der Waals surface area contributed by atoms with E-state index >= 15 is 0 Å². The summed E-state index contributed by atoms with van der Waals surface area (Å²) in [5.41, 5.74) is 0. The minimum atomic E-state index is 0.0625. The Labute approximate surface area is 66.4 Å². The van der Waals surface area contributed by atoms with Gasteiger partial charge in [-0.05, 0) is 12.8 Å².